The van der Waals surface area contributed by atoms with Gasteiger partial charge in [0, 0.05) is 18.2 Å². The normalized spacial score (nSPS) is 16.0. The molecule has 0 radical (unpaired) electrons. The third-order valence-corrected chi connectivity index (χ3v) is 6.20. The summed E-state index contributed by atoms with van der Waals surface area (Å²) in [5.41, 5.74) is 2.77. The van der Waals surface area contributed by atoms with Crippen LogP contribution in [0.3, 0.4) is 0 Å². The van der Waals surface area contributed by atoms with E-state index in [9.17, 15) is 4.79 Å². The third-order valence-electron chi connectivity index (χ3n) is 5.84. The van der Waals surface area contributed by atoms with Gasteiger partial charge in [0.1, 0.15) is 16.5 Å². The van der Waals surface area contributed by atoms with E-state index in [2.05, 4.69) is 20.0 Å². The van der Waals surface area contributed by atoms with Gasteiger partial charge in [-0.05, 0) is 37.1 Å². The molecule has 0 unspecified atom stereocenters. The van der Waals surface area contributed by atoms with Gasteiger partial charge >= 0.3 is 0 Å². The highest BCUT2D eigenvalue weighted by atomic mass is 35.5. The van der Waals surface area contributed by atoms with Crippen LogP contribution < -0.4 is 19.9 Å². The van der Waals surface area contributed by atoms with E-state index in [-0.39, 0.29) is 11.1 Å². The highest BCUT2D eigenvalue weighted by molar-refractivity contribution is 6.33. The molecule has 0 amide bonds. The SMILES string of the molecule is COc1ccc([C@@H]2CCCN2c2cnn(-c3nc4ccccc4[nH]3)c(=O)c2Cl)c(OC)c1. The second-order valence-electron chi connectivity index (χ2n) is 7.60. The van der Waals surface area contributed by atoms with Crippen LogP contribution in [0.25, 0.3) is 17.0 Å². The van der Waals surface area contributed by atoms with Gasteiger partial charge in [-0.2, -0.15) is 9.78 Å². The average molecular weight is 452 g/mol. The van der Waals surface area contributed by atoms with E-state index < -0.39 is 5.56 Å². The Morgan fingerprint density at radius 2 is 2.00 bits per heavy atom. The number of benzene rings is 2. The molecule has 1 aliphatic heterocycles. The first-order valence-electron chi connectivity index (χ1n) is 10.3. The Balaban J connectivity index is 1.53. The van der Waals surface area contributed by atoms with Crippen molar-refractivity contribution in [2.75, 3.05) is 25.7 Å². The summed E-state index contributed by atoms with van der Waals surface area (Å²) in [6.45, 7) is 0.759. The molecule has 1 atom stereocenters. The molecule has 2 aromatic heterocycles. The smallest absolute Gasteiger partial charge is 0.295 e. The molecule has 1 saturated heterocycles. The van der Waals surface area contributed by atoms with Crippen molar-refractivity contribution in [3.63, 3.8) is 0 Å². The molecule has 164 valence electrons. The number of halogens is 1. The Hall–Kier alpha value is -3.52. The predicted molar refractivity (Wildman–Crippen MR) is 123 cm³/mol. The molecule has 2 aromatic carbocycles. The summed E-state index contributed by atoms with van der Waals surface area (Å²) in [5, 5.41) is 4.49. The minimum absolute atomic E-state index is 0.0107. The lowest BCUT2D eigenvalue weighted by atomic mass is 10.0. The van der Waals surface area contributed by atoms with E-state index in [4.69, 9.17) is 21.1 Å². The fourth-order valence-electron chi connectivity index (χ4n) is 4.29. The summed E-state index contributed by atoms with van der Waals surface area (Å²) >= 11 is 6.59. The number of methoxy groups -OCH3 is 2. The van der Waals surface area contributed by atoms with Crippen LogP contribution in [0.1, 0.15) is 24.4 Å². The molecule has 8 nitrogen and oxygen atoms in total. The van der Waals surface area contributed by atoms with Crippen molar-refractivity contribution in [3.05, 3.63) is 69.6 Å². The van der Waals surface area contributed by atoms with E-state index in [0.29, 0.717) is 11.6 Å². The van der Waals surface area contributed by atoms with Crippen LogP contribution in [0.5, 0.6) is 11.5 Å². The standard InChI is InChI=1S/C23H22ClN5O3/c1-31-14-9-10-15(20(12-14)32-2)18-8-5-11-28(18)19-13-25-29(22(30)21(19)24)23-26-16-6-3-4-7-17(16)27-23/h3-4,6-7,9-10,12-13,18H,5,8,11H2,1-2H3,(H,26,27)/t18-/m0/s1. The molecule has 32 heavy (non-hydrogen) atoms. The summed E-state index contributed by atoms with van der Waals surface area (Å²) in [4.78, 5) is 22.8. The summed E-state index contributed by atoms with van der Waals surface area (Å²) in [5.74, 6) is 1.80. The maximum Gasteiger partial charge on any atom is 0.295 e. The summed E-state index contributed by atoms with van der Waals surface area (Å²) in [6, 6.07) is 13.3. The first kappa shape index (κ1) is 20.4. The lowest BCUT2D eigenvalue weighted by molar-refractivity contribution is 0.388. The Labute approximate surface area is 189 Å². The lowest BCUT2D eigenvalue weighted by Gasteiger charge is -2.28. The molecule has 0 aliphatic carbocycles. The molecular formula is C23H22ClN5O3. The van der Waals surface area contributed by atoms with E-state index >= 15 is 0 Å². The highest BCUT2D eigenvalue weighted by Crippen LogP contribution is 2.42. The van der Waals surface area contributed by atoms with Crippen molar-refractivity contribution in [2.24, 2.45) is 0 Å². The fraction of sp³-hybridized carbons (Fsp3) is 0.261. The number of hydrogen-bond donors (Lipinski definition) is 1. The van der Waals surface area contributed by atoms with Crippen LogP contribution in [0.4, 0.5) is 5.69 Å². The van der Waals surface area contributed by atoms with Gasteiger partial charge < -0.3 is 19.4 Å². The Bertz CT molecular complexity index is 1320. The average Bonchev–Trinajstić information content (AvgIpc) is 3.47. The second-order valence-corrected chi connectivity index (χ2v) is 7.98. The van der Waals surface area contributed by atoms with Crippen molar-refractivity contribution >= 4 is 28.3 Å². The van der Waals surface area contributed by atoms with Gasteiger partial charge in [0.25, 0.3) is 5.56 Å². The highest BCUT2D eigenvalue weighted by Gasteiger charge is 2.31. The molecule has 4 aromatic rings. The number of imidazole rings is 1. The topological polar surface area (TPSA) is 85.3 Å². The van der Waals surface area contributed by atoms with Gasteiger partial charge in [-0.15, -0.1) is 0 Å². The van der Waals surface area contributed by atoms with Gasteiger partial charge in [0.2, 0.25) is 5.95 Å². The fourth-order valence-corrected chi connectivity index (χ4v) is 4.52. The van der Waals surface area contributed by atoms with E-state index in [1.54, 1.807) is 20.4 Å². The minimum Gasteiger partial charge on any atom is -0.497 e. The number of nitrogens with zero attached hydrogens (tertiary/aromatic N) is 4. The maximum atomic E-state index is 13.1. The maximum absolute atomic E-state index is 13.1. The number of rotatable bonds is 5. The molecule has 3 heterocycles. The van der Waals surface area contributed by atoms with Gasteiger partial charge in [-0.1, -0.05) is 23.7 Å². The first-order chi connectivity index (χ1) is 15.6. The zero-order valence-corrected chi connectivity index (χ0v) is 18.5. The molecule has 1 aliphatic rings. The van der Waals surface area contributed by atoms with Crippen LogP contribution in [-0.4, -0.2) is 40.5 Å². The third kappa shape index (κ3) is 3.36. The largest absolute Gasteiger partial charge is 0.497 e. The number of fused-ring (bicyclic) bond motifs is 1. The van der Waals surface area contributed by atoms with Gasteiger partial charge in [0.05, 0.1) is 43.2 Å². The molecule has 9 heteroatoms. The summed E-state index contributed by atoms with van der Waals surface area (Å²) in [7, 11) is 3.26. The van der Waals surface area contributed by atoms with E-state index in [1.165, 1.54) is 4.68 Å². The number of para-hydroxylation sites is 2. The number of hydrogen-bond acceptors (Lipinski definition) is 6. The predicted octanol–water partition coefficient (Wildman–Crippen LogP) is 4.12. The minimum atomic E-state index is -0.421. The Morgan fingerprint density at radius 1 is 1.16 bits per heavy atom. The van der Waals surface area contributed by atoms with Crippen LogP contribution in [0, 0.1) is 0 Å². The molecule has 1 fully saturated rings. The van der Waals surface area contributed by atoms with Crippen molar-refractivity contribution in [2.45, 2.75) is 18.9 Å². The Kier molecular flexibility index (Phi) is 5.22. The van der Waals surface area contributed by atoms with Crippen LogP contribution in [0.15, 0.2) is 53.5 Å². The quantitative estimate of drug-likeness (QED) is 0.491. The van der Waals surface area contributed by atoms with E-state index in [0.717, 1.165) is 47.5 Å². The zero-order chi connectivity index (χ0) is 22.2. The zero-order valence-electron chi connectivity index (χ0n) is 17.7. The number of ether oxygens (including phenoxy) is 2. The molecule has 0 spiro atoms. The van der Waals surface area contributed by atoms with Crippen molar-refractivity contribution in [3.8, 4) is 17.4 Å². The number of aromatic nitrogens is 4. The lowest BCUT2D eigenvalue weighted by Crippen LogP contribution is -2.29. The number of aromatic amines is 1. The summed E-state index contributed by atoms with van der Waals surface area (Å²) < 4.78 is 12.1. The van der Waals surface area contributed by atoms with Crippen molar-refractivity contribution in [1.29, 1.82) is 0 Å². The van der Waals surface area contributed by atoms with Crippen LogP contribution in [-0.2, 0) is 0 Å². The first-order valence-corrected chi connectivity index (χ1v) is 10.7. The van der Waals surface area contributed by atoms with Gasteiger partial charge in [0.15, 0.2) is 0 Å². The number of nitrogens with one attached hydrogen (secondary N) is 1. The second kappa shape index (κ2) is 8.20. The van der Waals surface area contributed by atoms with E-state index in [1.807, 2.05) is 42.5 Å². The molecular weight excluding hydrogens is 430 g/mol. The Morgan fingerprint density at radius 3 is 2.78 bits per heavy atom. The molecule has 0 bridgehead atoms. The van der Waals surface area contributed by atoms with Crippen LogP contribution in [0.2, 0.25) is 5.02 Å². The van der Waals surface area contributed by atoms with Crippen molar-refractivity contribution in [1.82, 2.24) is 19.7 Å². The number of anilines is 1. The molecule has 0 saturated carbocycles. The van der Waals surface area contributed by atoms with Crippen LogP contribution >= 0.6 is 11.6 Å². The van der Waals surface area contributed by atoms with Gasteiger partial charge in [-0.25, -0.2) is 4.98 Å². The van der Waals surface area contributed by atoms with Crippen molar-refractivity contribution < 1.29 is 9.47 Å². The summed E-state index contributed by atoms with van der Waals surface area (Å²) in [6.07, 6.45) is 3.50. The molecule has 5 rings (SSSR count). The number of H-pyrrole nitrogens is 1. The molecule has 1 N–H and O–H groups in total. The monoisotopic (exact) mass is 451 g/mol. The van der Waals surface area contributed by atoms with Gasteiger partial charge in [-0.3, -0.25) is 4.79 Å².